The van der Waals surface area contributed by atoms with Crippen LogP contribution in [0, 0.1) is 0 Å². The predicted octanol–water partition coefficient (Wildman–Crippen LogP) is 0.962. The lowest BCUT2D eigenvalue weighted by atomic mass is 9.91. The first-order valence-corrected chi connectivity index (χ1v) is 4.87. The van der Waals surface area contributed by atoms with Crippen molar-refractivity contribution in [3.63, 3.8) is 0 Å². The Bertz CT molecular complexity index is 132. The van der Waals surface area contributed by atoms with Gasteiger partial charge < -0.3 is 5.73 Å². The van der Waals surface area contributed by atoms with Crippen LogP contribution in [0.25, 0.3) is 0 Å². The minimum absolute atomic E-state index is 0.722. The SMILES string of the molecule is NC[C@H]1CCCN1C1CCC1. The molecule has 1 saturated carbocycles. The molecule has 2 rings (SSSR count). The van der Waals surface area contributed by atoms with Crippen molar-refractivity contribution >= 4 is 0 Å². The summed E-state index contributed by atoms with van der Waals surface area (Å²) in [5.41, 5.74) is 5.70. The molecule has 2 nitrogen and oxygen atoms in total. The molecule has 0 bridgehead atoms. The molecule has 64 valence electrons. The highest BCUT2D eigenvalue weighted by Gasteiger charge is 2.32. The maximum absolute atomic E-state index is 5.70. The molecule has 2 N–H and O–H groups in total. The third kappa shape index (κ3) is 1.30. The zero-order valence-corrected chi connectivity index (χ0v) is 7.13. The Hall–Kier alpha value is -0.0800. The summed E-state index contributed by atoms with van der Waals surface area (Å²) in [7, 11) is 0. The van der Waals surface area contributed by atoms with Gasteiger partial charge in [-0.2, -0.15) is 0 Å². The van der Waals surface area contributed by atoms with Crippen LogP contribution in [0.15, 0.2) is 0 Å². The largest absolute Gasteiger partial charge is 0.329 e. The van der Waals surface area contributed by atoms with Gasteiger partial charge in [0.15, 0.2) is 0 Å². The van der Waals surface area contributed by atoms with Crippen LogP contribution in [0.1, 0.15) is 32.1 Å². The Labute approximate surface area is 68.7 Å². The fourth-order valence-electron chi connectivity index (χ4n) is 2.31. The topological polar surface area (TPSA) is 29.3 Å². The summed E-state index contributed by atoms with van der Waals surface area (Å²) in [6.07, 6.45) is 7.01. The number of rotatable bonds is 2. The van der Waals surface area contributed by atoms with Gasteiger partial charge in [0.2, 0.25) is 0 Å². The Kier molecular flexibility index (Phi) is 2.14. The van der Waals surface area contributed by atoms with Gasteiger partial charge in [-0.05, 0) is 32.2 Å². The van der Waals surface area contributed by atoms with Gasteiger partial charge >= 0.3 is 0 Å². The molecule has 0 aromatic rings. The third-order valence-electron chi connectivity index (χ3n) is 3.24. The maximum Gasteiger partial charge on any atom is 0.0221 e. The van der Waals surface area contributed by atoms with Crippen molar-refractivity contribution in [1.82, 2.24) is 4.90 Å². The molecule has 1 aliphatic heterocycles. The second-order valence-electron chi connectivity index (χ2n) is 3.85. The number of nitrogens with two attached hydrogens (primary N) is 1. The molecule has 1 heterocycles. The first kappa shape index (κ1) is 7.56. The quantitative estimate of drug-likeness (QED) is 0.642. The van der Waals surface area contributed by atoms with Crippen molar-refractivity contribution < 1.29 is 0 Å². The molecule has 0 amide bonds. The average molecular weight is 154 g/mol. The number of nitrogens with zero attached hydrogens (tertiary/aromatic N) is 1. The molecular formula is C9H18N2. The zero-order chi connectivity index (χ0) is 7.68. The second kappa shape index (κ2) is 3.11. The van der Waals surface area contributed by atoms with Gasteiger partial charge in [-0.25, -0.2) is 0 Å². The van der Waals surface area contributed by atoms with Gasteiger partial charge in [-0.15, -0.1) is 0 Å². The van der Waals surface area contributed by atoms with Gasteiger partial charge in [0.25, 0.3) is 0 Å². The monoisotopic (exact) mass is 154 g/mol. The summed E-state index contributed by atoms with van der Waals surface area (Å²) in [5.74, 6) is 0. The molecule has 11 heavy (non-hydrogen) atoms. The molecule has 0 radical (unpaired) electrons. The van der Waals surface area contributed by atoms with Crippen LogP contribution in [0.4, 0.5) is 0 Å². The Morgan fingerprint density at radius 3 is 2.55 bits per heavy atom. The van der Waals surface area contributed by atoms with Gasteiger partial charge in [-0.3, -0.25) is 4.90 Å². The molecular weight excluding hydrogens is 136 g/mol. The fourth-order valence-corrected chi connectivity index (χ4v) is 2.31. The van der Waals surface area contributed by atoms with Crippen molar-refractivity contribution in [3.05, 3.63) is 0 Å². The number of hydrogen-bond acceptors (Lipinski definition) is 2. The highest BCUT2D eigenvalue weighted by Crippen LogP contribution is 2.30. The molecule has 1 aliphatic carbocycles. The van der Waals surface area contributed by atoms with E-state index in [2.05, 4.69) is 4.90 Å². The van der Waals surface area contributed by atoms with E-state index in [9.17, 15) is 0 Å². The molecule has 0 spiro atoms. The summed E-state index contributed by atoms with van der Waals surface area (Å²) < 4.78 is 0. The van der Waals surface area contributed by atoms with E-state index in [-0.39, 0.29) is 0 Å². The Morgan fingerprint density at radius 1 is 1.18 bits per heavy atom. The fraction of sp³-hybridized carbons (Fsp3) is 1.00. The van der Waals surface area contributed by atoms with Crippen molar-refractivity contribution in [1.29, 1.82) is 0 Å². The summed E-state index contributed by atoms with van der Waals surface area (Å²) >= 11 is 0. The first-order chi connectivity index (χ1) is 5.42. The molecule has 2 aliphatic rings. The standard InChI is InChI=1S/C9H18N2/c10-7-9-5-2-6-11(9)8-3-1-4-8/h8-9H,1-7,10H2/t9-/m1/s1. The van der Waals surface area contributed by atoms with Crippen LogP contribution in [-0.2, 0) is 0 Å². The van der Waals surface area contributed by atoms with Crippen LogP contribution in [0.5, 0.6) is 0 Å². The van der Waals surface area contributed by atoms with Gasteiger partial charge in [0, 0.05) is 18.6 Å². The minimum Gasteiger partial charge on any atom is -0.329 e. The zero-order valence-electron chi connectivity index (χ0n) is 7.13. The highest BCUT2D eigenvalue weighted by molar-refractivity contribution is 4.89. The molecule has 1 atom stereocenters. The Balaban J connectivity index is 1.89. The minimum atomic E-state index is 0.722. The van der Waals surface area contributed by atoms with Gasteiger partial charge in [0.05, 0.1) is 0 Å². The normalized spacial score (nSPS) is 34.1. The smallest absolute Gasteiger partial charge is 0.0221 e. The van der Waals surface area contributed by atoms with Crippen LogP contribution in [0.2, 0.25) is 0 Å². The third-order valence-corrected chi connectivity index (χ3v) is 3.24. The van der Waals surface area contributed by atoms with Crippen LogP contribution in [-0.4, -0.2) is 30.1 Å². The number of likely N-dealkylation sites (tertiary alicyclic amines) is 1. The Morgan fingerprint density at radius 2 is 2.00 bits per heavy atom. The lowest BCUT2D eigenvalue weighted by Gasteiger charge is -2.38. The van der Waals surface area contributed by atoms with Crippen molar-refractivity contribution in [2.45, 2.75) is 44.2 Å². The summed E-state index contributed by atoms with van der Waals surface area (Å²) in [6, 6.07) is 1.63. The highest BCUT2D eigenvalue weighted by atomic mass is 15.2. The molecule has 2 fully saturated rings. The maximum atomic E-state index is 5.70. The van der Waals surface area contributed by atoms with E-state index < -0.39 is 0 Å². The predicted molar refractivity (Wildman–Crippen MR) is 46.4 cm³/mol. The van der Waals surface area contributed by atoms with E-state index in [1.165, 1.54) is 38.6 Å². The van der Waals surface area contributed by atoms with Crippen molar-refractivity contribution in [2.24, 2.45) is 5.73 Å². The first-order valence-electron chi connectivity index (χ1n) is 4.87. The van der Waals surface area contributed by atoms with Crippen LogP contribution < -0.4 is 5.73 Å². The van der Waals surface area contributed by atoms with Gasteiger partial charge in [0.1, 0.15) is 0 Å². The molecule has 0 unspecified atom stereocenters. The van der Waals surface area contributed by atoms with E-state index in [1.54, 1.807) is 0 Å². The summed E-state index contributed by atoms with van der Waals surface area (Å²) in [4.78, 5) is 2.64. The number of hydrogen-bond donors (Lipinski definition) is 1. The van der Waals surface area contributed by atoms with Crippen LogP contribution in [0.3, 0.4) is 0 Å². The molecule has 1 saturated heterocycles. The van der Waals surface area contributed by atoms with Crippen molar-refractivity contribution in [3.8, 4) is 0 Å². The van der Waals surface area contributed by atoms with Crippen LogP contribution >= 0.6 is 0 Å². The average Bonchev–Trinajstić information content (AvgIpc) is 2.32. The lowest BCUT2D eigenvalue weighted by Crippen LogP contribution is -2.45. The molecule has 2 heteroatoms. The van der Waals surface area contributed by atoms with E-state index in [4.69, 9.17) is 5.73 Å². The summed E-state index contributed by atoms with van der Waals surface area (Å²) in [5, 5.41) is 0. The molecule has 0 aromatic heterocycles. The van der Waals surface area contributed by atoms with E-state index in [0.29, 0.717) is 0 Å². The second-order valence-corrected chi connectivity index (χ2v) is 3.85. The van der Waals surface area contributed by atoms with E-state index in [1.807, 2.05) is 0 Å². The van der Waals surface area contributed by atoms with Crippen molar-refractivity contribution in [2.75, 3.05) is 13.1 Å². The lowest BCUT2D eigenvalue weighted by molar-refractivity contribution is 0.117. The van der Waals surface area contributed by atoms with E-state index >= 15 is 0 Å². The summed E-state index contributed by atoms with van der Waals surface area (Å²) in [6.45, 7) is 2.18. The van der Waals surface area contributed by atoms with E-state index in [0.717, 1.165) is 18.6 Å². The van der Waals surface area contributed by atoms with Gasteiger partial charge in [-0.1, -0.05) is 6.42 Å². The molecule has 0 aromatic carbocycles.